The Bertz CT molecular complexity index is 1080. The Morgan fingerprint density at radius 3 is 2.48 bits per heavy atom. The quantitative estimate of drug-likeness (QED) is 0.548. The molecule has 0 aromatic heterocycles. The molecule has 0 atom stereocenters. The third-order valence-electron chi connectivity index (χ3n) is 5.45. The molecule has 0 spiro atoms. The molecular formula is C25H34N2O5S. The highest BCUT2D eigenvalue weighted by Crippen LogP contribution is 2.39. The number of hydrogen-bond acceptors (Lipinski definition) is 5. The number of carbonyl (C=O) groups is 1. The van der Waals surface area contributed by atoms with Gasteiger partial charge in [-0.25, -0.2) is 8.42 Å². The Labute approximate surface area is 197 Å². The Morgan fingerprint density at radius 2 is 1.85 bits per heavy atom. The first-order valence-electron chi connectivity index (χ1n) is 11.4. The molecule has 0 saturated heterocycles. The normalized spacial score (nSPS) is 15.6. The van der Waals surface area contributed by atoms with Crippen LogP contribution < -0.4 is 19.1 Å². The van der Waals surface area contributed by atoms with E-state index in [2.05, 4.69) is 18.6 Å². The van der Waals surface area contributed by atoms with Crippen molar-refractivity contribution >= 4 is 27.3 Å². The molecule has 0 aliphatic carbocycles. The van der Waals surface area contributed by atoms with E-state index in [1.165, 1.54) is 12.1 Å². The smallest absolute Gasteiger partial charge is 0.261 e. The second kappa shape index (κ2) is 10.0. The number of sulfonamides is 1. The first-order valence-corrected chi connectivity index (χ1v) is 12.9. The van der Waals surface area contributed by atoms with Gasteiger partial charge in [0, 0.05) is 6.54 Å². The van der Waals surface area contributed by atoms with E-state index in [1.54, 1.807) is 35.2 Å². The summed E-state index contributed by atoms with van der Waals surface area (Å²) in [5.41, 5.74) is 0.262. The Hall–Kier alpha value is -2.74. The minimum absolute atomic E-state index is 0.0374. The molecule has 0 unspecified atom stereocenters. The van der Waals surface area contributed by atoms with E-state index in [9.17, 15) is 13.2 Å². The van der Waals surface area contributed by atoms with Gasteiger partial charge < -0.3 is 14.4 Å². The second-order valence-electron chi connectivity index (χ2n) is 9.42. The summed E-state index contributed by atoms with van der Waals surface area (Å²) >= 11 is 0. The molecule has 0 bridgehead atoms. The molecule has 0 saturated carbocycles. The van der Waals surface area contributed by atoms with Gasteiger partial charge in [0.15, 0.2) is 0 Å². The zero-order valence-corrected chi connectivity index (χ0v) is 20.9. The largest absolute Gasteiger partial charge is 0.494 e. The average molecular weight is 475 g/mol. The summed E-state index contributed by atoms with van der Waals surface area (Å²) in [6.45, 7) is 11.3. The van der Waals surface area contributed by atoms with Crippen LogP contribution in [-0.2, 0) is 14.8 Å². The van der Waals surface area contributed by atoms with Gasteiger partial charge in [0.25, 0.3) is 10.0 Å². The lowest BCUT2D eigenvalue weighted by atomic mass is 9.92. The van der Waals surface area contributed by atoms with Crippen LogP contribution >= 0.6 is 0 Å². The minimum atomic E-state index is -3.82. The lowest BCUT2D eigenvalue weighted by molar-refractivity contribution is -0.127. The predicted molar refractivity (Wildman–Crippen MR) is 131 cm³/mol. The van der Waals surface area contributed by atoms with E-state index < -0.39 is 15.4 Å². The number of hydrogen-bond donors (Lipinski definition) is 1. The molecule has 7 nitrogen and oxygen atoms in total. The Kier molecular flexibility index (Phi) is 7.57. The number of benzene rings is 2. The van der Waals surface area contributed by atoms with E-state index >= 15 is 0 Å². The van der Waals surface area contributed by atoms with E-state index in [0.717, 1.165) is 12.8 Å². The highest BCUT2D eigenvalue weighted by atomic mass is 32.2. The minimum Gasteiger partial charge on any atom is -0.494 e. The van der Waals surface area contributed by atoms with Crippen LogP contribution in [0, 0.1) is 11.3 Å². The van der Waals surface area contributed by atoms with E-state index in [-0.39, 0.29) is 17.4 Å². The molecule has 1 amide bonds. The van der Waals surface area contributed by atoms with Gasteiger partial charge in [0.05, 0.1) is 28.3 Å². The van der Waals surface area contributed by atoms with Gasteiger partial charge in [-0.15, -0.1) is 0 Å². The fourth-order valence-corrected chi connectivity index (χ4v) is 4.52. The summed E-state index contributed by atoms with van der Waals surface area (Å²) in [7, 11) is -3.82. The van der Waals surface area contributed by atoms with Crippen LogP contribution in [0.5, 0.6) is 11.5 Å². The van der Waals surface area contributed by atoms with Crippen molar-refractivity contribution in [3.8, 4) is 11.5 Å². The number of nitrogens with one attached hydrogen (secondary N) is 1. The third kappa shape index (κ3) is 5.99. The predicted octanol–water partition coefficient (Wildman–Crippen LogP) is 5.07. The van der Waals surface area contributed by atoms with Gasteiger partial charge in [-0.1, -0.05) is 20.8 Å². The number of amides is 1. The highest BCUT2D eigenvalue weighted by molar-refractivity contribution is 7.92. The maximum absolute atomic E-state index is 13.3. The summed E-state index contributed by atoms with van der Waals surface area (Å²) in [6.07, 6.45) is 1.70. The molecule has 1 aliphatic rings. The fourth-order valence-electron chi connectivity index (χ4n) is 3.47. The van der Waals surface area contributed by atoms with E-state index in [1.807, 2.05) is 20.8 Å². The first kappa shape index (κ1) is 24.9. The van der Waals surface area contributed by atoms with Crippen molar-refractivity contribution in [1.29, 1.82) is 0 Å². The molecule has 0 radical (unpaired) electrons. The summed E-state index contributed by atoms with van der Waals surface area (Å²) in [5, 5.41) is 0. The highest BCUT2D eigenvalue weighted by Gasteiger charge is 2.37. The van der Waals surface area contributed by atoms with Crippen LogP contribution in [-0.4, -0.2) is 34.1 Å². The van der Waals surface area contributed by atoms with Crippen molar-refractivity contribution in [2.24, 2.45) is 11.3 Å². The first-order chi connectivity index (χ1) is 15.5. The lowest BCUT2D eigenvalue weighted by Crippen LogP contribution is -2.42. The van der Waals surface area contributed by atoms with Crippen LogP contribution in [0.1, 0.15) is 47.5 Å². The molecule has 0 fully saturated rings. The van der Waals surface area contributed by atoms with Gasteiger partial charge in [0.1, 0.15) is 18.1 Å². The monoisotopic (exact) mass is 474 g/mol. The van der Waals surface area contributed by atoms with Crippen molar-refractivity contribution in [2.75, 3.05) is 29.4 Å². The van der Waals surface area contributed by atoms with Crippen LogP contribution in [0.2, 0.25) is 0 Å². The Balaban J connectivity index is 1.88. The van der Waals surface area contributed by atoms with Gasteiger partial charge in [-0.3, -0.25) is 9.52 Å². The number of rotatable bonds is 9. The van der Waals surface area contributed by atoms with Crippen molar-refractivity contribution < 1.29 is 22.7 Å². The molecule has 8 heteroatoms. The zero-order valence-electron chi connectivity index (χ0n) is 20.1. The van der Waals surface area contributed by atoms with Gasteiger partial charge in [0.2, 0.25) is 5.91 Å². The summed E-state index contributed by atoms with van der Waals surface area (Å²) < 4.78 is 40.0. The van der Waals surface area contributed by atoms with Crippen LogP contribution in [0.15, 0.2) is 47.4 Å². The van der Waals surface area contributed by atoms with Gasteiger partial charge in [-0.05, 0) is 75.1 Å². The molecule has 2 aromatic carbocycles. The maximum atomic E-state index is 13.3. The number of fused-ring (bicyclic) bond motifs is 1. The fraction of sp³-hybridized carbons (Fsp3) is 0.480. The molecule has 3 rings (SSSR count). The molecule has 1 heterocycles. The van der Waals surface area contributed by atoms with Crippen LogP contribution in [0.4, 0.5) is 11.4 Å². The summed E-state index contributed by atoms with van der Waals surface area (Å²) in [4.78, 5) is 15.1. The second-order valence-corrected chi connectivity index (χ2v) is 11.1. The SMILES string of the molecule is CCCOc1ccc(S(=O)(=O)Nc2ccc3c(c2)N(CCC(C)C)C(=O)C(C)(C)CO3)cc1. The number of anilines is 2. The molecule has 1 aliphatic heterocycles. The van der Waals surface area contributed by atoms with Crippen LogP contribution in [0.3, 0.4) is 0 Å². The number of ether oxygens (including phenoxy) is 2. The van der Waals surface area contributed by atoms with Gasteiger partial charge in [-0.2, -0.15) is 0 Å². The van der Waals surface area contributed by atoms with Gasteiger partial charge >= 0.3 is 0 Å². The third-order valence-corrected chi connectivity index (χ3v) is 6.85. The van der Waals surface area contributed by atoms with Crippen molar-refractivity contribution in [3.63, 3.8) is 0 Å². The molecule has 33 heavy (non-hydrogen) atoms. The lowest BCUT2D eigenvalue weighted by Gasteiger charge is -2.28. The summed E-state index contributed by atoms with van der Waals surface area (Å²) in [6, 6.07) is 11.4. The van der Waals surface area contributed by atoms with E-state index in [4.69, 9.17) is 9.47 Å². The average Bonchev–Trinajstić information content (AvgIpc) is 2.85. The number of carbonyl (C=O) groups excluding carboxylic acids is 1. The van der Waals surface area contributed by atoms with E-state index in [0.29, 0.717) is 41.9 Å². The molecule has 180 valence electrons. The number of nitrogens with zero attached hydrogens (tertiary/aromatic N) is 1. The zero-order chi connectivity index (χ0) is 24.2. The van der Waals surface area contributed by atoms with Crippen molar-refractivity contribution in [2.45, 2.75) is 52.4 Å². The topological polar surface area (TPSA) is 84.9 Å². The standard InChI is InChI=1S/C25H34N2O5S/c1-6-15-31-20-8-10-21(11-9-20)33(29,30)26-19-7-12-23-22(16-19)27(14-13-18(2)3)24(28)25(4,5)17-32-23/h7-12,16,18,26H,6,13-15,17H2,1-5H3. The maximum Gasteiger partial charge on any atom is 0.261 e. The Morgan fingerprint density at radius 1 is 1.15 bits per heavy atom. The molecule has 1 N–H and O–H groups in total. The van der Waals surface area contributed by atoms with Crippen LogP contribution in [0.25, 0.3) is 0 Å². The molecule has 2 aromatic rings. The van der Waals surface area contributed by atoms with Crippen molar-refractivity contribution in [3.05, 3.63) is 42.5 Å². The molecular weight excluding hydrogens is 440 g/mol. The summed E-state index contributed by atoms with van der Waals surface area (Å²) in [5.74, 6) is 1.57. The van der Waals surface area contributed by atoms with Crippen molar-refractivity contribution in [1.82, 2.24) is 0 Å².